The van der Waals surface area contributed by atoms with Crippen molar-refractivity contribution in [3.8, 4) is 11.5 Å². The van der Waals surface area contributed by atoms with Gasteiger partial charge in [-0.05, 0) is 25.1 Å². The second-order valence-electron chi connectivity index (χ2n) is 5.50. The SMILES string of the molecule is CC(=O)n1c(-c2oc3ccccc3c2C)cc2ccccc21. The summed E-state index contributed by atoms with van der Waals surface area (Å²) in [5.74, 6) is 0.739. The summed E-state index contributed by atoms with van der Waals surface area (Å²) < 4.78 is 7.75. The molecule has 0 amide bonds. The fraction of sp³-hybridized carbons (Fsp3) is 0.105. The van der Waals surface area contributed by atoms with Crippen molar-refractivity contribution in [2.24, 2.45) is 0 Å². The minimum Gasteiger partial charge on any atom is -0.454 e. The smallest absolute Gasteiger partial charge is 0.228 e. The highest BCUT2D eigenvalue weighted by molar-refractivity contribution is 5.99. The van der Waals surface area contributed by atoms with Gasteiger partial charge in [0.2, 0.25) is 5.91 Å². The van der Waals surface area contributed by atoms with E-state index >= 15 is 0 Å². The summed E-state index contributed by atoms with van der Waals surface area (Å²) in [6, 6.07) is 17.8. The van der Waals surface area contributed by atoms with E-state index in [2.05, 4.69) is 0 Å². The Morgan fingerprint density at radius 1 is 1.05 bits per heavy atom. The highest BCUT2D eigenvalue weighted by Crippen LogP contribution is 2.35. The Kier molecular flexibility index (Phi) is 2.70. The minimum absolute atomic E-state index is 0.0175. The zero-order valence-corrected chi connectivity index (χ0v) is 12.5. The Hall–Kier alpha value is -2.81. The van der Waals surface area contributed by atoms with E-state index in [-0.39, 0.29) is 5.91 Å². The molecule has 2 heterocycles. The van der Waals surface area contributed by atoms with Crippen molar-refractivity contribution in [1.29, 1.82) is 0 Å². The molecular weight excluding hydrogens is 274 g/mol. The molecule has 2 aromatic heterocycles. The lowest BCUT2D eigenvalue weighted by Gasteiger charge is -2.05. The average Bonchev–Trinajstić information content (AvgIpc) is 3.06. The number of hydrogen-bond donors (Lipinski definition) is 0. The summed E-state index contributed by atoms with van der Waals surface area (Å²) in [5.41, 5.74) is 3.61. The Morgan fingerprint density at radius 3 is 2.55 bits per heavy atom. The molecule has 3 nitrogen and oxygen atoms in total. The number of carbonyl (C=O) groups is 1. The third-order valence-corrected chi connectivity index (χ3v) is 4.10. The van der Waals surface area contributed by atoms with Gasteiger partial charge in [-0.15, -0.1) is 0 Å². The molecule has 0 atom stereocenters. The van der Waals surface area contributed by atoms with Gasteiger partial charge in [0.1, 0.15) is 5.58 Å². The Bertz CT molecular complexity index is 1020. The van der Waals surface area contributed by atoms with Crippen molar-refractivity contribution >= 4 is 27.8 Å². The van der Waals surface area contributed by atoms with E-state index in [9.17, 15) is 4.79 Å². The molecule has 0 bridgehead atoms. The number of rotatable bonds is 1. The molecule has 22 heavy (non-hydrogen) atoms. The second-order valence-corrected chi connectivity index (χ2v) is 5.50. The molecule has 3 heteroatoms. The van der Waals surface area contributed by atoms with Gasteiger partial charge in [-0.1, -0.05) is 36.4 Å². The maximum absolute atomic E-state index is 12.2. The number of aromatic nitrogens is 1. The Labute approximate surface area is 127 Å². The molecule has 0 unspecified atom stereocenters. The van der Waals surface area contributed by atoms with Crippen LogP contribution in [0.15, 0.2) is 59.0 Å². The standard InChI is InChI=1S/C19H15NO2/c1-12-15-8-4-6-10-18(15)22-19(12)17-11-14-7-3-5-9-16(14)20(17)13(2)21/h3-11H,1-2H3. The first-order valence-electron chi connectivity index (χ1n) is 7.27. The van der Waals surface area contributed by atoms with Gasteiger partial charge in [-0.25, -0.2) is 0 Å². The Morgan fingerprint density at radius 2 is 1.77 bits per heavy atom. The van der Waals surface area contributed by atoms with E-state index in [1.54, 1.807) is 11.5 Å². The van der Waals surface area contributed by atoms with Gasteiger partial charge >= 0.3 is 0 Å². The number of carbonyl (C=O) groups excluding carboxylic acids is 1. The van der Waals surface area contributed by atoms with Crippen LogP contribution in [0.3, 0.4) is 0 Å². The Balaban J connectivity index is 2.10. The molecule has 0 aliphatic rings. The maximum atomic E-state index is 12.2. The quantitative estimate of drug-likeness (QED) is 0.493. The van der Waals surface area contributed by atoms with Crippen LogP contribution in [0, 0.1) is 6.92 Å². The van der Waals surface area contributed by atoms with Crippen LogP contribution in [0.5, 0.6) is 0 Å². The number of fused-ring (bicyclic) bond motifs is 2. The summed E-state index contributed by atoms with van der Waals surface area (Å²) in [4.78, 5) is 12.2. The first kappa shape index (κ1) is 12.9. The molecular formula is C19H15NO2. The lowest BCUT2D eigenvalue weighted by atomic mass is 10.1. The lowest BCUT2D eigenvalue weighted by molar-refractivity contribution is 0.0943. The summed E-state index contributed by atoms with van der Waals surface area (Å²) in [5, 5.41) is 2.12. The van der Waals surface area contributed by atoms with Crippen molar-refractivity contribution in [3.05, 3.63) is 60.2 Å². The van der Waals surface area contributed by atoms with Crippen LogP contribution in [-0.2, 0) is 0 Å². The van der Waals surface area contributed by atoms with Gasteiger partial charge in [0.05, 0.1) is 11.2 Å². The molecule has 108 valence electrons. The zero-order valence-electron chi connectivity index (χ0n) is 12.5. The third-order valence-electron chi connectivity index (χ3n) is 4.10. The number of nitrogens with zero attached hydrogens (tertiary/aromatic N) is 1. The molecule has 2 aromatic carbocycles. The van der Waals surface area contributed by atoms with Gasteiger partial charge in [0, 0.05) is 23.3 Å². The monoisotopic (exact) mass is 289 g/mol. The van der Waals surface area contributed by atoms with E-state index in [1.165, 1.54) is 0 Å². The molecule has 0 saturated heterocycles. The van der Waals surface area contributed by atoms with Gasteiger partial charge in [-0.2, -0.15) is 0 Å². The van der Waals surface area contributed by atoms with Crippen LogP contribution in [0.4, 0.5) is 0 Å². The largest absolute Gasteiger partial charge is 0.454 e. The summed E-state index contributed by atoms with van der Waals surface area (Å²) in [6.07, 6.45) is 0. The molecule has 0 fully saturated rings. The first-order valence-corrected chi connectivity index (χ1v) is 7.27. The summed E-state index contributed by atoms with van der Waals surface area (Å²) in [6.45, 7) is 3.61. The van der Waals surface area contributed by atoms with Crippen molar-refractivity contribution in [2.75, 3.05) is 0 Å². The third kappa shape index (κ3) is 1.72. The van der Waals surface area contributed by atoms with E-state index in [0.29, 0.717) is 0 Å². The predicted molar refractivity (Wildman–Crippen MR) is 88.2 cm³/mol. The van der Waals surface area contributed by atoms with Crippen LogP contribution in [0.1, 0.15) is 17.3 Å². The van der Waals surface area contributed by atoms with Crippen molar-refractivity contribution in [2.45, 2.75) is 13.8 Å². The second kappa shape index (κ2) is 4.60. The minimum atomic E-state index is -0.0175. The molecule has 0 aliphatic carbocycles. The molecule has 0 spiro atoms. The molecule has 4 aromatic rings. The highest BCUT2D eigenvalue weighted by Gasteiger charge is 2.19. The number of para-hydroxylation sites is 2. The van der Waals surface area contributed by atoms with E-state index < -0.39 is 0 Å². The molecule has 0 aliphatic heterocycles. The highest BCUT2D eigenvalue weighted by atomic mass is 16.3. The number of aryl methyl sites for hydroxylation is 1. The van der Waals surface area contributed by atoms with Gasteiger partial charge < -0.3 is 4.42 Å². The zero-order chi connectivity index (χ0) is 15.3. The molecule has 0 radical (unpaired) electrons. The van der Waals surface area contributed by atoms with Crippen molar-refractivity contribution in [3.63, 3.8) is 0 Å². The normalized spacial score (nSPS) is 11.4. The van der Waals surface area contributed by atoms with Crippen LogP contribution in [-0.4, -0.2) is 10.5 Å². The fourth-order valence-electron chi connectivity index (χ4n) is 3.08. The number of benzene rings is 2. The number of furan rings is 1. The first-order chi connectivity index (χ1) is 10.7. The average molecular weight is 289 g/mol. The van der Waals surface area contributed by atoms with Gasteiger partial charge in [0.15, 0.2) is 5.76 Å². The summed E-state index contributed by atoms with van der Waals surface area (Å²) >= 11 is 0. The maximum Gasteiger partial charge on any atom is 0.228 e. The van der Waals surface area contributed by atoms with E-state index in [0.717, 1.165) is 38.9 Å². The van der Waals surface area contributed by atoms with Crippen LogP contribution >= 0.6 is 0 Å². The lowest BCUT2D eigenvalue weighted by Crippen LogP contribution is -2.06. The van der Waals surface area contributed by atoms with Crippen molar-refractivity contribution < 1.29 is 9.21 Å². The molecule has 0 saturated carbocycles. The molecule has 0 N–H and O–H groups in total. The predicted octanol–water partition coefficient (Wildman–Crippen LogP) is 5.02. The van der Waals surface area contributed by atoms with Gasteiger partial charge in [0.25, 0.3) is 0 Å². The van der Waals surface area contributed by atoms with Gasteiger partial charge in [-0.3, -0.25) is 9.36 Å². The van der Waals surface area contributed by atoms with Crippen LogP contribution < -0.4 is 0 Å². The summed E-state index contributed by atoms with van der Waals surface area (Å²) in [7, 11) is 0. The number of hydrogen-bond acceptors (Lipinski definition) is 2. The fourth-order valence-corrected chi connectivity index (χ4v) is 3.08. The van der Waals surface area contributed by atoms with E-state index in [1.807, 2.05) is 61.5 Å². The van der Waals surface area contributed by atoms with Crippen LogP contribution in [0.2, 0.25) is 0 Å². The van der Waals surface area contributed by atoms with Crippen molar-refractivity contribution in [1.82, 2.24) is 4.57 Å². The van der Waals surface area contributed by atoms with E-state index in [4.69, 9.17) is 4.42 Å². The van der Waals surface area contributed by atoms with Crippen LogP contribution in [0.25, 0.3) is 33.3 Å². The molecule has 4 rings (SSSR count). The topological polar surface area (TPSA) is 35.1 Å².